The van der Waals surface area contributed by atoms with E-state index in [0.29, 0.717) is 28.0 Å². The molecule has 0 spiro atoms. The third kappa shape index (κ3) is 5.88. The molecule has 0 aliphatic carbocycles. The Morgan fingerprint density at radius 3 is 2.51 bits per heavy atom. The molecule has 0 saturated heterocycles. The van der Waals surface area contributed by atoms with Crippen molar-refractivity contribution in [2.24, 2.45) is 5.10 Å². The number of carbonyl (C=O) groups excluding carboxylic acids is 1. The largest absolute Gasteiger partial charge is 0.497 e. The molecule has 0 fully saturated rings. The molecule has 0 radical (unpaired) electrons. The summed E-state index contributed by atoms with van der Waals surface area (Å²) >= 11 is 1.29. The van der Waals surface area contributed by atoms with Crippen molar-refractivity contribution in [3.8, 4) is 28.6 Å². The Hall–Kier alpha value is -4.11. The SMILES string of the molecule is COc1ccc(OC)c(/C=N\NC(=O)CSc2nnc(-c3ccccc3)n2-c2ccc(C)cc2)c1. The molecule has 1 N–H and O–H groups in total. The zero-order chi connectivity index (χ0) is 24.6. The van der Waals surface area contributed by atoms with Crippen LogP contribution in [0.2, 0.25) is 0 Å². The van der Waals surface area contributed by atoms with Gasteiger partial charge in [-0.1, -0.05) is 59.8 Å². The van der Waals surface area contributed by atoms with Crippen LogP contribution in [0.1, 0.15) is 11.1 Å². The molecule has 178 valence electrons. The van der Waals surface area contributed by atoms with Crippen molar-refractivity contribution in [1.29, 1.82) is 0 Å². The molecular formula is C26H25N5O3S. The van der Waals surface area contributed by atoms with Crippen molar-refractivity contribution in [3.05, 3.63) is 83.9 Å². The number of thioether (sulfide) groups is 1. The molecule has 0 aliphatic heterocycles. The van der Waals surface area contributed by atoms with Gasteiger partial charge < -0.3 is 9.47 Å². The highest BCUT2D eigenvalue weighted by atomic mass is 32.2. The van der Waals surface area contributed by atoms with Gasteiger partial charge in [0.15, 0.2) is 11.0 Å². The van der Waals surface area contributed by atoms with E-state index >= 15 is 0 Å². The molecule has 9 heteroatoms. The van der Waals surface area contributed by atoms with Gasteiger partial charge in [0, 0.05) is 16.8 Å². The van der Waals surface area contributed by atoms with Crippen molar-refractivity contribution in [2.75, 3.05) is 20.0 Å². The molecule has 0 unspecified atom stereocenters. The van der Waals surface area contributed by atoms with Gasteiger partial charge in [0.25, 0.3) is 5.91 Å². The molecule has 1 heterocycles. The van der Waals surface area contributed by atoms with Crippen LogP contribution in [0.4, 0.5) is 0 Å². The molecule has 4 aromatic rings. The van der Waals surface area contributed by atoms with Crippen molar-refractivity contribution < 1.29 is 14.3 Å². The topological polar surface area (TPSA) is 90.6 Å². The Morgan fingerprint density at radius 1 is 1.03 bits per heavy atom. The van der Waals surface area contributed by atoms with Gasteiger partial charge in [-0.15, -0.1) is 10.2 Å². The van der Waals surface area contributed by atoms with Crippen molar-refractivity contribution in [3.63, 3.8) is 0 Å². The fourth-order valence-electron chi connectivity index (χ4n) is 3.34. The number of methoxy groups -OCH3 is 2. The third-order valence-corrected chi connectivity index (χ3v) is 6.05. The number of aromatic nitrogens is 3. The number of carbonyl (C=O) groups is 1. The Morgan fingerprint density at radius 2 is 1.80 bits per heavy atom. The number of ether oxygens (including phenoxy) is 2. The van der Waals surface area contributed by atoms with Gasteiger partial charge in [-0.3, -0.25) is 9.36 Å². The summed E-state index contributed by atoms with van der Waals surface area (Å²) in [6.07, 6.45) is 1.52. The van der Waals surface area contributed by atoms with Crippen LogP contribution in [0.5, 0.6) is 11.5 Å². The van der Waals surface area contributed by atoms with Gasteiger partial charge in [0.05, 0.1) is 26.2 Å². The Bertz CT molecular complexity index is 1320. The van der Waals surface area contributed by atoms with Crippen LogP contribution < -0.4 is 14.9 Å². The van der Waals surface area contributed by atoms with Crippen LogP contribution in [0.3, 0.4) is 0 Å². The van der Waals surface area contributed by atoms with Gasteiger partial charge in [-0.2, -0.15) is 5.10 Å². The average Bonchev–Trinajstić information content (AvgIpc) is 3.32. The number of hydrazone groups is 1. The summed E-state index contributed by atoms with van der Waals surface area (Å²) in [4.78, 5) is 12.5. The van der Waals surface area contributed by atoms with Gasteiger partial charge in [0.2, 0.25) is 0 Å². The van der Waals surface area contributed by atoms with E-state index in [-0.39, 0.29) is 11.7 Å². The number of nitrogens with one attached hydrogen (secondary N) is 1. The number of amides is 1. The normalized spacial score (nSPS) is 10.9. The minimum absolute atomic E-state index is 0.116. The Kier molecular flexibility index (Phi) is 7.79. The minimum Gasteiger partial charge on any atom is -0.497 e. The first-order chi connectivity index (χ1) is 17.1. The number of nitrogens with zero attached hydrogens (tertiary/aromatic N) is 4. The molecule has 35 heavy (non-hydrogen) atoms. The van der Waals surface area contributed by atoms with Crippen LogP contribution in [0.15, 0.2) is 83.1 Å². The minimum atomic E-state index is -0.271. The van der Waals surface area contributed by atoms with Crippen molar-refractivity contribution in [2.45, 2.75) is 12.1 Å². The number of aryl methyl sites for hydroxylation is 1. The van der Waals surface area contributed by atoms with E-state index in [1.54, 1.807) is 32.4 Å². The summed E-state index contributed by atoms with van der Waals surface area (Å²) in [7, 11) is 3.16. The van der Waals surface area contributed by atoms with E-state index < -0.39 is 0 Å². The first-order valence-corrected chi connectivity index (χ1v) is 11.8. The standard InChI is InChI=1S/C26H25N5O3S/c1-18-9-11-21(12-10-18)31-25(19-7-5-4-6-8-19)29-30-26(31)35-17-24(32)28-27-16-20-15-22(33-2)13-14-23(20)34-3/h4-16H,17H2,1-3H3,(H,28,32)/b27-16-. The summed E-state index contributed by atoms with van der Waals surface area (Å²) in [6.45, 7) is 2.04. The van der Waals surface area contributed by atoms with E-state index in [0.717, 1.165) is 16.8 Å². The lowest BCUT2D eigenvalue weighted by molar-refractivity contribution is -0.118. The molecule has 1 aromatic heterocycles. The van der Waals surface area contributed by atoms with E-state index in [1.807, 2.05) is 66.1 Å². The van der Waals surface area contributed by atoms with Crippen LogP contribution >= 0.6 is 11.8 Å². The molecule has 0 saturated carbocycles. The quantitative estimate of drug-likeness (QED) is 0.212. The maximum atomic E-state index is 12.5. The first-order valence-electron chi connectivity index (χ1n) is 10.8. The second-order valence-electron chi connectivity index (χ2n) is 7.53. The molecule has 8 nitrogen and oxygen atoms in total. The van der Waals surface area contributed by atoms with Crippen molar-refractivity contribution in [1.82, 2.24) is 20.2 Å². The molecule has 3 aromatic carbocycles. The summed E-state index contributed by atoms with van der Waals surface area (Å²) in [5, 5.41) is 13.4. The fraction of sp³-hybridized carbons (Fsp3) is 0.154. The zero-order valence-electron chi connectivity index (χ0n) is 19.6. The number of rotatable bonds is 9. The Balaban J connectivity index is 1.49. The van der Waals surface area contributed by atoms with Gasteiger partial charge in [-0.25, -0.2) is 5.43 Å². The lowest BCUT2D eigenvalue weighted by atomic mass is 10.2. The third-order valence-electron chi connectivity index (χ3n) is 5.12. The summed E-state index contributed by atoms with van der Waals surface area (Å²) < 4.78 is 12.5. The molecule has 0 bridgehead atoms. The predicted molar refractivity (Wildman–Crippen MR) is 138 cm³/mol. The highest BCUT2D eigenvalue weighted by molar-refractivity contribution is 7.99. The zero-order valence-corrected chi connectivity index (χ0v) is 20.5. The first kappa shape index (κ1) is 24.0. The number of hydrogen-bond acceptors (Lipinski definition) is 7. The fourth-order valence-corrected chi connectivity index (χ4v) is 4.08. The molecule has 0 atom stereocenters. The smallest absolute Gasteiger partial charge is 0.250 e. The number of hydrogen-bond donors (Lipinski definition) is 1. The lowest BCUT2D eigenvalue weighted by Crippen LogP contribution is -2.20. The monoisotopic (exact) mass is 487 g/mol. The van der Waals surface area contributed by atoms with Gasteiger partial charge in [0.1, 0.15) is 11.5 Å². The highest BCUT2D eigenvalue weighted by Gasteiger charge is 2.17. The maximum absolute atomic E-state index is 12.5. The summed E-state index contributed by atoms with van der Waals surface area (Å²) in [5.74, 6) is 1.84. The average molecular weight is 488 g/mol. The highest BCUT2D eigenvalue weighted by Crippen LogP contribution is 2.28. The van der Waals surface area contributed by atoms with E-state index in [4.69, 9.17) is 9.47 Å². The van der Waals surface area contributed by atoms with Gasteiger partial charge >= 0.3 is 0 Å². The second kappa shape index (κ2) is 11.3. The number of benzene rings is 3. The molecule has 1 amide bonds. The van der Waals surface area contributed by atoms with Gasteiger partial charge in [-0.05, 0) is 37.3 Å². The van der Waals surface area contributed by atoms with E-state index in [2.05, 4.69) is 20.7 Å². The maximum Gasteiger partial charge on any atom is 0.250 e. The second-order valence-corrected chi connectivity index (χ2v) is 8.48. The van der Waals surface area contributed by atoms with Crippen LogP contribution in [-0.4, -0.2) is 46.9 Å². The van der Waals surface area contributed by atoms with E-state index in [1.165, 1.54) is 18.0 Å². The lowest BCUT2D eigenvalue weighted by Gasteiger charge is -2.10. The summed E-state index contributed by atoms with van der Waals surface area (Å²) in [6, 6.07) is 23.3. The van der Waals surface area contributed by atoms with Crippen LogP contribution in [0, 0.1) is 6.92 Å². The van der Waals surface area contributed by atoms with Crippen molar-refractivity contribution >= 4 is 23.9 Å². The van der Waals surface area contributed by atoms with Crippen LogP contribution in [0.25, 0.3) is 17.1 Å². The molecule has 4 rings (SSSR count). The van der Waals surface area contributed by atoms with Crippen LogP contribution in [-0.2, 0) is 4.79 Å². The van der Waals surface area contributed by atoms with E-state index in [9.17, 15) is 4.79 Å². The summed E-state index contributed by atoms with van der Waals surface area (Å²) in [5.41, 5.74) is 6.25. The molecule has 0 aliphatic rings. The Labute approximate surface area is 208 Å². The molecular weight excluding hydrogens is 462 g/mol. The predicted octanol–water partition coefficient (Wildman–Crippen LogP) is 4.50.